The lowest BCUT2D eigenvalue weighted by Crippen LogP contribution is -2.31. The highest BCUT2D eigenvalue weighted by Crippen LogP contribution is 2.12. The fourth-order valence-corrected chi connectivity index (χ4v) is 1.48. The Hall–Kier alpha value is -1.46. The van der Waals surface area contributed by atoms with Crippen molar-refractivity contribution in [3.05, 3.63) is 35.1 Å². The Labute approximate surface area is 100 Å². The smallest absolute Gasteiger partial charge is 0.124 e. The van der Waals surface area contributed by atoms with Gasteiger partial charge < -0.3 is 10.8 Å². The minimum atomic E-state index is -0.405. The number of amidine groups is 1. The minimum Gasteiger partial charge on any atom is -0.395 e. The van der Waals surface area contributed by atoms with Gasteiger partial charge in [0.05, 0.1) is 6.61 Å². The van der Waals surface area contributed by atoms with E-state index in [4.69, 9.17) is 16.2 Å². The third-order valence-corrected chi connectivity index (χ3v) is 2.72. The quantitative estimate of drug-likeness (QED) is 0.528. The second-order valence-corrected chi connectivity index (χ2v) is 4.21. The van der Waals surface area contributed by atoms with Crippen molar-refractivity contribution in [1.29, 1.82) is 5.41 Å². The maximum absolute atomic E-state index is 13.3. The van der Waals surface area contributed by atoms with E-state index in [9.17, 15) is 4.39 Å². The van der Waals surface area contributed by atoms with Crippen molar-refractivity contribution in [3.8, 4) is 0 Å². The molecule has 94 valence electrons. The molecule has 0 fully saturated rings. The van der Waals surface area contributed by atoms with Crippen molar-refractivity contribution in [2.75, 3.05) is 13.7 Å². The number of benzene rings is 1. The summed E-state index contributed by atoms with van der Waals surface area (Å²) in [6.45, 7) is 2.43. The lowest BCUT2D eigenvalue weighted by molar-refractivity contribution is 0.154. The van der Waals surface area contributed by atoms with Crippen molar-refractivity contribution in [2.45, 2.75) is 19.5 Å². The lowest BCUT2D eigenvalue weighted by atomic mass is 10.1. The van der Waals surface area contributed by atoms with Crippen LogP contribution in [-0.4, -0.2) is 35.5 Å². The Balaban J connectivity index is 2.87. The summed E-state index contributed by atoms with van der Waals surface area (Å²) in [5, 5.41) is 16.3. The van der Waals surface area contributed by atoms with Gasteiger partial charge in [0.1, 0.15) is 11.7 Å². The van der Waals surface area contributed by atoms with Crippen LogP contribution >= 0.6 is 0 Å². The van der Waals surface area contributed by atoms with Crippen LogP contribution in [0, 0.1) is 11.2 Å². The van der Waals surface area contributed by atoms with Gasteiger partial charge in [0.25, 0.3) is 0 Å². The molecule has 0 aliphatic heterocycles. The van der Waals surface area contributed by atoms with Gasteiger partial charge in [0, 0.05) is 18.2 Å². The number of nitrogens with one attached hydrogen (secondary N) is 1. The van der Waals surface area contributed by atoms with Gasteiger partial charge in [-0.25, -0.2) is 4.39 Å². The van der Waals surface area contributed by atoms with Gasteiger partial charge in [0.2, 0.25) is 0 Å². The van der Waals surface area contributed by atoms with Crippen LogP contribution in [0.15, 0.2) is 18.2 Å². The van der Waals surface area contributed by atoms with Crippen LogP contribution in [0.25, 0.3) is 0 Å². The van der Waals surface area contributed by atoms with Gasteiger partial charge in [-0.05, 0) is 37.7 Å². The van der Waals surface area contributed by atoms with E-state index in [1.54, 1.807) is 6.07 Å². The molecule has 5 heteroatoms. The van der Waals surface area contributed by atoms with E-state index >= 15 is 0 Å². The van der Waals surface area contributed by atoms with Crippen molar-refractivity contribution >= 4 is 5.84 Å². The number of nitrogens with zero attached hydrogens (tertiary/aromatic N) is 1. The summed E-state index contributed by atoms with van der Waals surface area (Å²) < 4.78 is 13.3. The van der Waals surface area contributed by atoms with Crippen LogP contribution < -0.4 is 5.73 Å². The molecule has 1 atom stereocenters. The van der Waals surface area contributed by atoms with Crippen LogP contribution in [0.4, 0.5) is 4.39 Å². The Morgan fingerprint density at radius 2 is 2.18 bits per heavy atom. The summed E-state index contributed by atoms with van der Waals surface area (Å²) in [5.41, 5.74) is 6.45. The fraction of sp³-hybridized carbons (Fsp3) is 0.417. The largest absolute Gasteiger partial charge is 0.395 e. The highest BCUT2D eigenvalue weighted by Gasteiger charge is 2.10. The standard InChI is InChI=1S/C12H18FN3O/c1-8(7-17)16(2)6-9-3-10(12(14)15)5-11(13)4-9/h3-5,8,17H,6-7H2,1-2H3,(H3,14,15). The van der Waals surface area contributed by atoms with Gasteiger partial charge in [-0.2, -0.15) is 0 Å². The van der Waals surface area contributed by atoms with E-state index in [1.165, 1.54) is 12.1 Å². The number of aliphatic hydroxyl groups excluding tert-OH is 1. The molecule has 17 heavy (non-hydrogen) atoms. The number of rotatable bonds is 5. The number of nitrogens with two attached hydrogens (primary N) is 1. The molecule has 0 amide bonds. The van der Waals surface area contributed by atoms with Gasteiger partial charge in [0.15, 0.2) is 0 Å². The highest BCUT2D eigenvalue weighted by atomic mass is 19.1. The van der Waals surface area contributed by atoms with E-state index in [1.807, 2.05) is 18.9 Å². The molecule has 0 saturated carbocycles. The Kier molecular flexibility index (Phi) is 4.60. The first kappa shape index (κ1) is 13.6. The predicted octanol–water partition coefficient (Wildman–Crippen LogP) is 0.922. The van der Waals surface area contributed by atoms with Crippen LogP contribution in [0.5, 0.6) is 0 Å². The van der Waals surface area contributed by atoms with E-state index < -0.39 is 5.82 Å². The molecule has 1 aromatic carbocycles. The Morgan fingerprint density at radius 3 is 2.71 bits per heavy atom. The first-order valence-corrected chi connectivity index (χ1v) is 5.39. The summed E-state index contributed by atoms with van der Waals surface area (Å²) in [6.07, 6.45) is 0. The second kappa shape index (κ2) is 5.75. The molecule has 1 unspecified atom stereocenters. The molecule has 0 heterocycles. The monoisotopic (exact) mass is 239 g/mol. The van der Waals surface area contributed by atoms with Crippen molar-refractivity contribution in [3.63, 3.8) is 0 Å². The molecular formula is C12H18FN3O. The first-order valence-electron chi connectivity index (χ1n) is 5.39. The summed E-state index contributed by atoms with van der Waals surface area (Å²) >= 11 is 0. The minimum absolute atomic E-state index is 0.000884. The van der Waals surface area contributed by atoms with E-state index in [0.717, 1.165) is 5.56 Å². The van der Waals surface area contributed by atoms with Gasteiger partial charge in [-0.1, -0.05) is 0 Å². The predicted molar refractivity (Wildman–Crippen MR) is 65.4 cm³/mol. The third-order valence-electron chi connectivity index (χ3n) is 2.72. The molecule has 0 saturated heterocycles. The molecule has 4 nitrogen and oxygen atoms in total. The summed E-state index contributed by atoms with van der Waals surface area (Å²) in [6, 6.07) is 4.33. The van der Waals surface area contributed by atoms with Gasteiger partial charge in [-0.3, -0.25) is 10.3 Å². The zero-order valence-electron chi connectivity index (χ0n) is 10.1. The topological polar surface area (TPSA) is 73.3 Å². The maximum atomic E-state index is 13.3. The average Bonchev–Trinajstić information content (AvgIpc) is 2.26. The number of halogens is 1. The third kappa shape index (κ3) is 3.80. The molecule has 0 aromatic heterocycles. The first-order chi connectivity index (χ1) is 7.93. The zero-order chi connectivity index (χ0) is 13.0. The van der Waals surface area contributed by atoms with Crippen molar-refractivity contribution in [2.24, 2.45) is 5.73 Å². The van der Waals surface area contributed by atoms with Crippen LogP contribution in [0.2, 0.25) is 0 Å². The van der Waals surface area contributed by atoms with Crippen molar-refractivity contribution in [1.82, 2.24) is 4.90 Å². The van der Waals surface area contributed by atoms with E-state index in [2.05, 4.69) is 0 Å². The molecule has 0 aliphatic rings. The SMILES string of the molecule is CC(CO)N(C)Cc1cc(F)cc(C(=N)N)c1. The summed E-state index contributed by atoms with van der Waals surface area (Å²) in [5.74, 6) is -0.554. The maximum Gasteiger partial charge on any atom is 0.124 e. The number of aliphatic hydroxyl groups is 1. The number of nitrogen functional groups attached to an aromatic ring is 1. The number of likely N-dealkylation sites (N-methyl/N-ethyl adjacent to an activating group) is 1. The van der Waals surface area contributed by atoms with Gasteiger partial charge >= 0.3 is 0 Å². The number of hydrogen-bond donors (Lipinski definition) is 3. The molecule has 4 N–H and O–H groups in total. The highest BCUT2D eigenvalue weighted by molar-refractivity contribution is 5.95. The average molecular weight is 239 g/mol. The zero-order valence-corrected chi connectivity index (χ0v) is 10.1. The molecular weight excluding hydrogens is 221 g/mol. The molecule has 0 spiro atoms. The van der Waals surface area contributed by atoms with Crippen LogP contribution in [-0.2, 0) is 6.54 Å². The Bertz CT molecular complexity index is 409. The molecule has 1 rings (SSSR count). The fourth-order valence-electron chi connectivity index (χ4n) is 1.48. The van der Waals surface area contributed by atoms with Crippen molar-refractivity contribution < 1.29 is 9.50 Å². The number of hydrogen-bond acceptors (Lipinski definition) is 3. The second-order valence-electron chi connectivity index (χ2n) is 4.21. The van der Waals surface area contributed by atoms with Gasteiger partial charge in [-0.15, -0.1) is 0 Å². The van der Waals surface area contributed by atoms with Crippen LogP contribution in [0.3, 0.4) is 0 Å². The normalized spacial score (nSPS) is 12.8. The summed E-state index contributed by atoms with van der Waals surface area (Å²) in [4.78, 5) is 1.90. The molecule has 0 radical (unpaired) electrons. The Morgan fingerprint density at radius 1 is 1.53 bits per heavy atom. The molecule has 0 aliphatic carbocycles. The van der Waals surface area contributed by atoms with Crippen LogP contribution in [0.1, 0.15) is 18.1 Å². The molecule has 1 aromatic rings. The lowest BCUT2D eigenvalue weighted by Gasteiger charge is -2.23. The molecule has 0 bridgehead atoms. The van der Waals surface area contributed by atoms with E-state index in [0.29, 0.717) is 12.1 Å². The van der Waals surface area contributed by atoms with E-state index in [-0.39, 0.29) is 18.5 Å². The summed E-state index contributed by atoms with van der Waals surface area (Å²) in [7, 11) is 1.85.